The summed E-state index contributed by atoms with van der Waals surface area (Å²) < 4.78 is 39.4. The molecular formula is C16H14F3NO4. The molecule has 2 aliphatic rings. The topological polar surface area (TPSA) is 77.8 Å². The molecule has 0 aromatic heterocycles. The molecule has 0 saturated heterocycles. The number of rotatable bonds is 2. The summed E-state index contributed by atoms with van der Waals surface area (Å²) in [5, 5.41) is 19.2. The zero-order valence-corrected chi connectivity index (χ0v) is 12.4. The lowest BCUT2D eigenvalue weighted by molar-refractivity contribution is -0.138. The van der Waals surface area contributed by atoms with E-state index in [1.165, 1.54) is 0 Å². The van der Waals surface area contributed by atoms with Crippen LogP contribution in [0.15, 0.2) is 29.3 Å². The second-order valence-electron chi connectivity index (χ2n) is 5.79. The SMILES string of the molecule is O=C(O)c1ccc(N2C(=O)C3=C(CCCC3)C2O)cc1C(F)(F)F. The van der Waals surface area contributed by atoms with Crippen molar-refractivity contribution in [3.63, 3.8) is 0 Å². The predicted octanol–water partition coefficient (Wildman–Crippen LogP) is 2.94. The highest BCUT2D eigenvalue weighted by Gasteiger charge is 2.41. The van der Waals surface area contributed by atoms with Crippen LogP contribution in [0.2, 0.25) is 0 Å². The number of hydrogen-bond acceptors (Lipinski definition) is 3. The van der Waals surface area contributed by atoms with Crippen molar-refractivity contribution in [1.82, 2.24) is 0 Å². The van der Waals surface area contributed by atoms with Gasteiger partial charge in [-0.3, -0.25) is 9.69 Å². The lowest BCUT2D eigenvalue weighted by Crippen LogP contribution is -2.35. The fourth-order valence-electron chi connectivity index (χ4n) is 3.23. The summed E-state index contributed by atoms with van der Waals surface area (Å²) in [6.45, 7) is 0. The van der Waals surface area contributed by atoms with Crippen molar-refractivity contribution in [2.45, 2.75) is 38.1 Å². The number of hydrogen-bond donors (Lipinski definition) is 2. The summed E-state index contributed by atoms with van der Waals surface area (Å²) in [4.78, 5) is 24.3. The van der Waals surface area contributed by atoms with Crippen LogP contribution in [0.3, 0.4) is 0 Å². The van der Waals surface area contributed by atoms with Gasteiger partial charge in [0.05, 0.1) is 11.1 Å². The van der Waals surface area contributed by atoms with Crippen LogP contribution >= 0.6 is 0 Å². The molecule has 0 spiro atoms. The van der Waals surface area contributed by atoms with E-state index in [1.54, 1.807) is 0 Å². The summed E-state index contributed by atoms with van der Waals surface area (Å²) >= 11 is 0. The molecule has 1 aromatic carbocycles. The summed E-state index contributed by atoms with van der Waals surface area (Å²) in [7, 11) is 0. The van der Waals surface area contributed by atoms with Crippen LogP contribution < -0.4 is 4.90 Å². The maximum absolute atomic E-state index is 13.1. The molecule has 1 unspecified atom stereocenters. The number of amides is 1. The number of carbonyl (C=O) groups is 2. The Morgan fingerprint density at radius 1 is 1.21 bits per heavy atom. The number of anilines is 1. The van der Waals surface area contributed by atoms with Crippen molar-refractivity contribution < 1.29 is 33.0 Å². The molecule has 0 saturated carbocycles. The minimum atomic E-state index is -4.88. The molecule has 1 aliphatic heterocycles. The van der Waals surface area contributed by atoms with Crippen LogP contribution in [-0.2, 0) is 11.0 Å². The second-order valence-corrected chi connectivity index (χ2v) is 5.79. The number of halogens is 3. The quantitative estimate of drug-likeness (QED) is 0.867. The Hall–Kier alpha value is -2.35. The predicted molar refractivity (Wildman–Crippen MR) is 77.4 cm³/mol. The van der Waals surface area contributed by atoms with Crippen LogP contribution in [0.25, 0.3) is 0 Å². The van der Waals surface area contributed by atoms with Gasteiger partial charge >= 0.3 is 12.1 Å². The van der Waals surface area contributed by atoms with Crippen LogP contribution in [0.4, 0.5) is 18.9 Å². The average Bonchev–Trinajstić information content (AvgIpc) is 2.78. The first-order valence-electron chi connectivity index (χ1n) is 7.40. The first kappa shape index (κ1) is 16.5. The van der Waals surface area contributed by atoms with E-state index in [9.17, 15) is 27.9 Å². The molecule has 2 N–H and O–H groups in total. The number of carboxylic acid groups (broad SMARTS) is 1. The van der Waals surface area contributed by atoms with Gasteiger partial charge in [-0.05, 0) is 49.5 Å². The van der Waals surface area contributed by atoms with Gasteiger partial charge in [-0.1, -0.05) is 0 Å². The van der Waals surface area contributed by atoms with Crippen molar-refractivity contribution in [2.75, 3.05) is 4.90 Å². The highest BCUT2D eigenvalue weighted by molar-refractivity contribution is 6.10. The maximum atomic E-state index is 13.1. The number of alkyl halides is 3. The van der Waals surface area contributed by atoms with Crippen LogP contribution in [0.5, 0.6) is 0 Å². The van der Waals surface area contributed by atoms with E-state index in [-0.39, 0.29) is 5.69 Å². The first-order valence-corrected chi connectivity index (χ1v) is 7.40. The standard InChI is InChI=1S/C16H14F3NO4/c17-16(18,19)12-7-8(5-6-11(12)15(23)24)20-13(21)9-3-1-2-4-10(9)14(20)22/h5-7,13,21H,1-4H2,(H,23,24). The Labute approximate surface area is 135 Å². The van der Waals surface area contributed by atoms with Crippen molar-refractivity contribution in [2.24, 2.45) is 0 Å². The maximum Gasteiger partial charge on any atom is 0.417 e. The second kappa shape index (κ2) is 5.62. The van der Waals surface area contributed by atoms with E-state index in [0.29, 0.717) is 30.1 Å². The van der Waals surface area contributed by atoms with Crippen LogP contribution in [0, 0.1) is 0 Å². The highest BCUT2D eigenvalue weighted by atomic mass is 19.4. The molecule has 1 amide bonds. The van der Waals surface area contributed by atoms with Crippen LogP contribution in [-0.4, -0.2) is 28.3 Å². The van der Waals surface area contributed by atoms with Crippen molar-refractivity contribution in [1.29, 1.82) is 0 Å². The fraction of sp³-hybridized carbons (Fsp3) is 0.375. The molecule has 0 bridgehead atoms. The normalized spacial score (nSPS) is 21.2. The van der Waals surface area contributed by atoms with Crippen LogP contribution in [0.1, 0.15) is 41.6 Å². The average molecular weight is 341 g/mol. The Morgan fingerprint density at radius 3 is 2.46 bits per heavy atom. The Balaban J connectivity index is 2.05. The Bertz CT molecular complexity index is 754. The lowest BCUT2D eigenvalue weighted by Gasteiger charge is -2.24. The van der Waals surface area contributed by atoms with Gasteiger partial charge in [0, 0.05) is 11.3 Å². The molecule has 3 rings (SSSR count). The monoisotopic (exact) mass is 341 g/mol. The zero-order chi connectivity index (χ0) is 17.6. The first-order chi connectivity index (χ1) is 11.2. The molecule has 1 aromatic rings. The molecular weight excluding hydrogens is 327 g/mol. The molecule has 5 nitrogen and oxygen atoms in total. The van der Waals surface area contributed by atoms with E-state index in [4.69, 9.17) is 5.11 Å². The molecule has 24 heavy (non-hydrogen) atoms. The van der Waals surface area contributed by atoms with Gasteiger partial charge < -0.3 is 10.2 Å². The lowest BCUT2D eigenvalue weighted by atomic mass is 9.93. The minimum Gasteiger partial charge on any atom is -0.478 e. The number of nitrogens with zero attached hydrogens (tertiary/aromatic N) is 1. The number of aromatic carboxylic acids is 1. The third kappa shape index (κ3) is 2.56. The fourth-order valence-corrected chi connectivity index (χ4v) is 3.23. The Kier molecular flexibility index (Phi) is 3.87. The van der Waals surface area contributed by atoms with Crippen molar-refractivity contribution in [3.8, 4) is 0 Å². The number of carboxylic acids is 1. The number of aliphatic hydroxyl groups excluding tert-OH is 1. The van der Waals surface area contributed by atoms with Crippen molar-refractivity contribution >= 4 is 17.6 Å². The van der Waals surface area contributed by atoms with Gasteiger partial charge in [0.25, 0.3) is 5.91 Å². The largest absolute Gasteiger partial charge is 0.478 e. The number of aliphatic hydroxyl groups is 1. The minimum absolute atomic E-state index is 0.167. The van der Waals surface area contributed by atoms with Gasteiger partial charge in [-0.25, -0.2) is 4.79 Å². The third-order valence-electron chi connectivity index (χ3n) is 4.36. The highest BCUT2D eigenvalue weighted by Crippen LogP contribution is 2.40. The molecule has 1 aliphatic carbocycles. The third-order valence-corrected chi connectivity index (χ3v) is 4.36. The number of benzene rings is 1. The summed E-state index contributed by atoms with van der Waals surface area (Å²) in [5.41, 5.74) is -1.42. The van der Waals surface area contributed by atoms with Gasteiger partial charge in [0.2, 0.25) is 0 Å². The van der Waals surface area contributed by atoms with E-state index in [1.807, 2.05) is 0 Å². The van der Waals surface area contributed by atoms with E-state index < -0.39 is 35.4 Å². The summed E-state index contributed by atoms with van der Waals surface area (Å²) in [6, 6.07) is 2.51. The van der Waals surface area contributed by atoms with Gasteiger partial charge in [-0.2, -0.15) is 13.2 Å². The molecule has 0 fully saturated rings. The number of carbonyl (C=O) groups excluding carboxylic acids is 1. The molecule has 1 atom stereocenters. The smallest absolute Gasteiger partial charge is 0.417 e. The summed E-state index contributed by atoms with van der Waals surface area (Å²) in [6.07, 6.45) is -3.58. The van der Waals surface area contributed by atoms with Crippen molar-refractivity contribution in [3.05, 3.63) is 40.5 Å². The zero-order valence-electron chi connectivity index (χ0n) is 12.4. The van der Waals surface area contributed by atoms with E-state index in [2.05, 4.69) is 0 Å². The summed E-state index contributed by atoms with van der Waals surface area (Å²) in [5.74, 6) is -2.23. The van der Waals surface area contributed by atoms with Gasteiger partial charge in [0.15, 0.2) is 6.23 Å². The molecule has 0 radical (unpaired) electrons. The van der Waals surface area contributed by atoms with E-state index >= 15 is 0 Å². The molecule has 128 valence electrons. The molecule has 1 heterocycles. The van der Waals surface area contributed by atoms with E-state index in [0.717, 1.165) is 29.9 Å². The van der Waals surface area contributed by atoms with Gasteiger partial charge in [-0.15, -0.1) is 0 Å². The van der Waals surface area contributed by atoms with Gasteiger partial charge in [0.1, 0.15) is 0 Å². The molecule has 8 heteroatoms. The Morgan fingerprint density at radius 2 is 1.88 bits per heavy atom.